The van der Waals surface area contributed by atoms with Gasteiger partial charge in [0.2, 0.25) is 6.10 Å². The minimum absolute atomic E-state index is 0.0175. The van der Waals surface area contributed by atoms with Gasteiger partial charge in [0.1, 0.15) is 18.3 Å². The van der Waals surface area contributed by atoms with Crippen molar-refractivity contribution in [2.45, 2.75) is 24.6 Å². The maximum Gasteiger partial charge on any atom is 0.339 e. The average Bonchev–Trinajstić information content (AvgIpc) is 2.71. The molecule has 26 heavy (non-hydrogen) atoms. The van der Waals surface area contributed by atoms with Gasteiger partial charge in [0.05, 0.1) is 18.8 Å². The third-order valence-electron chi connectivity index (χ3n) is 4.44. The van der Waals surface area contributed by atoms with Crippen LogP contribution in [0.5, 0.6) is 0 Å². The fraction of sp³-hybridized carbons (Fsp3) is 0.300. The van der Waals surface area contributed by atoms with E-state index >= 15 is 0 Å². The minimum Gasteiger partial charge on any atom is -0.446 e. The largest absolute Gasteiger partial charge is 0.446 e. The summed E-state index contributed by atoms with van der Waals surface area (Å²) in [7, 11) is 0. The van der Waals surface area contributed by atoms with Gasteiger partial charge in [-0.2, -0.15) is 0 Å². The summed E-state index contributed by atoms with van der Waals surface area (Å²) in [5.74, 6) is -0.534. The zero-order chi connectivity index (χ0) is 17.9. The molecule has 0 aliphatic carbocycles. The molecule has 0 aromatic heterocycles. The molecule has 2 fully saturated rings. The number of carbonyl (C=O) groups is 1. The van der Waals surface area contributed by atoms with Crippen molar-refractivity contribution in [2.75, 3.05) is 13.2 Å². The van der Waals surface area contributed by atoms with Crippen molar-refractivity contribution in [3.63, 3.8) is 0 Å². The summed E-state index contributed by atoms with van der Waals surface area (Å²) < 4.78 is 22.6. The first-order chi connectivity index (χ1) is 12.7. The molecule has 2 aromatic carbocycles. The SMILES string of the molecule is O=C(O[C]1CO[C@@H]2COC(c3ccccc3)O[C@H]2[C@@H]1O)c1ccccc1. The molecule has 6 nitrogen and oxygen atoms in total. The van der Waals surface area contributed by atoms with E-state index in [0.29, 0.717) is 12.2 Å². The molecule has 2 aromatic rings. The molecule has 0 bridgehead atoms. The Labute approximate surface area is 151 Å². The van der Waals surface area contributed by atoms with Crippen LogP contribution in [0.15, 0.2) is 60.7 Å². The molecule has 0 spiro atoms. The van der Waals surface area contributed by atoms with Crippen LogP contribution in [0.2, 0.25) is 0 Å². The van der Waals surface area contributed by atoms with Crippen LogP contribution in [-0.4, -0.2) is 42.6 Å². The number of aliphatic hydroxyl groups excluding tert-OH is 1. The fourth-order valence-electron chi connectivity index (χ4n) is 3.05. The Balaban J connectivity index is 1.44. The predicted octanol–water partition coefficient (Wildman–Crippen LogP) is 2.25. The van der Waals surface area contributed by atoms with Crippen molar-refractivity contribution in [3.05, 3.63) is 77.9 Å². The van der Waals surface area contributed by atoms with Gasteiger partial charge in [0.25, 0.3) is 0 Å². The van der Waals surface area contributed by atoms with Gasteiger partial charge < -0.3 is 24.1 Å². The summed E-state index contributed by atoms with van der Waals surface area (Å²) in [6, 6.07) is 18.1. The highest BCUT2D eigenvalue weighted by Gasteiger charge is 2.47. The highest BCUT2D eigenvalue weighted by molar-refractivity contribution is 5.89. The highest BCUT2D eigenvalue weighted by Crippen LogP contribution is 2.35. The Kier molecular flexibility index (Phi) is 4.99. The summed E-state index contributed by atoms with van der Waals surface area (Å²) in [5.41, 5.74) is 1.26. The average molecular weight is 355 g/mol. The van der Waals surface area contributed by atoms with E-state index in [1.165, 1.54) is 0 Å². The van der Waals surface area contributed by atoms with Gasteiger partial charge >= 0.3 is 5.97 Å². The molecule has 2 heterocycles. The van der Waals surface area contributed by atoms with Crippen LogP contribution in [0.3, 0.4) is 0 Å². The van der Waals surface area contributed by atoms with Crippen molar-refractivity contribution in [1.29, 1.82) is 0 Å². The van der Waals surface area contributed by atoms with Gasteiger partial charge in [-0.25, -0.2) is 4.79 Å². The molecular formula is C20H19O6. The molecule has 4 atom stereocenters. The van der Waals surface area contributed by atoms with E-state index in [2.05, 4.69) is 0 Å². The van der Waals surface area contributed by atoms with E-state index in [1.807, 2.05) is 36.4 Å². The predicted molar refractivity (Wildman–Crippen MR) is 90.9 cm³/mol. The summed E-state index contributed by atoms with van der Waals surface area (Å²) in [6.07, 6.45) is -2.60. The van der Waals surface area contributed by atoms with Crippen LogP contribution in [0.25, 0.3) is 0 Å². The standard InChI is InChI=1S/C20H19O6/c21-17-15(25-19(22)13-7-3-1-4-8-13)11-23-16-12-24-20(26-18(16)17)14-9-5-2-6-10-14/h1-10,16-18,20-21H,11-12H2/t16-,17-,18-,20?/m1/s1. The lowest BCUT2D eigenvalue weighted by atomic mass is 9.98. The number of benzene rings is 2. The van der Waals surface area contributed by atoms with Crippen molar-refractivity contribution >= 4 is 5.97 Å². The van der Waals surface area contributed by atoms with E-state index in [1.54, 1.807) is 24.3 Å². The van der Waals surface area contributed by atoms with Crippen LogP contribution in [0.1, 0.15) is 22.2 Å². The van der Waals surface area contributed by atoms with Gasteiger partial charge in [-0.05, 0) is 12.1 Å². The Morgan fingerprint density at radius 1 is 1.00 bits per heavy atom. The normalized spacial score (nSPS) is 29.0. The summed E-state index contributed by atoms with van der Waals surface area (Å²) in [6.45, 7) is 0.310. The minimum atomic E-state index is -1.07. The molecule has 2 aliphatic rings. The first-order valence-electron chi connectivity index (χ1n) is 8.47. The van der Waals surface area contributed by atoms with Gasteiger partial charge in [0.15, 0.2) is 6.29 Å². The molecule has 1 N–H and O–H groups in total. The zero-order valence-corrected chi connectivity index (χ0v) is 14.0. The van der Waals surface area contributed by atoms with E-state index in [4.69, 9.17) is 18.9 Å². The fourth-order valence-corrected chi connectivity index (χ4v) is 3.05. The number of ether oxygens (including phenoxy) is 4. The van der Waals surface area contributed by atoms with Crippen LogP contribution >= 0.6 is 0 Å². The lowest BCUT2D eigenvalue weighted by Gasteiger charge is -2.43. The van der Waals surface area contributed by atoms with Crippen molar-refractivity contribution in [3.8, 4) is 0 Å². The molecule has 4 rings (SSSR count). The van der Waals surface area contributed by atoms with Crippen molar-refractivity contribution in [1.82, 2.24) is 0 Å². The van der Waals surface area contributed by atoms with E-state index in [0.717, 1.165) is 5.56 Å². The lowest BCUT2D eigenvalue weighted by Crippen LogP contribution is -2.56. The number of fused-ring (bicyclic) bond motifs is 1. The third kappa shape index (κ3) is 3.50. The molecule has 1 unspecified atom stereocenters. The number of aliphatic hydroxyl groups is 1. The second-order valence-corrected chi connectivity index (χ2v) is 6.19. The smallest absolute Gasteiger partial charge is 0.339 e. The second kappa shape index (κ2) is 7.55. The molecule has 1 radical (unpaired) electrons. The van der Waals surface area contributed by atoms with Gasteiger partial charge in [-0.3, -0.25) is 0 Å². The Bertz CT molecular complexity index is 734. The van der Waals surface area contributed by atoms with Crippen LogP contribution in [0.4, 0.5) is 0 Å². The summed E-state index contributed by atoms with van der Waals surface area (Å²) in [4.78, 5) is 12.2. The number of carbonyl (C=O) groups excluding carboxylic acids is 1. The van der Waals surface area contributed by atoms with E-state index in [-0.39, 0.29) is 12.7 Å². The Morgan fingerprint density at radius 3 is 2.42 bits per heavy atom. The third-order valence-corrected chi connectivity index (χ3v) is 4.44. The van der Waals surface area contributed by atoms with Crippen LogP contribution in [-0.2, 0) is 18.9 Å². The molecule has 0 amide bonds. The molecule has 2 aliphatic heterocycles. The van der Waals surface area contributed by atoms with Gasteiger partial charge in [-0.15, -0.1) is 0 Å². The van der Waals surface area contributed by atoms with E-state index < -0.39 is 30.6 Å². The van der Waals surface area contributed by atoms with Crippen LogP contribution < -0.4 is 0 Å². The number of esters is 1. The quantitative estimate of drug-likeness (QED) is 0.852. The van der Waals surface area contributed by atoms with Gasteiger partial charge in [-0.1, -0.05) is 48.5 Å². The summed E-state index contributed by atoms with van der Waals surface area (Å²) in [5, 5.41) is 10.6. The van der Waals surface area contributed by atoms with Crippen molar-refractivity contribution in [2.24, 2.45) is 0 Å². The zero-order valence-electron chi connectivity index (χ0n) is 14.0. The van der Waals surface area contributed by atoms with Gasteiger partial charge in [0, 0.05) is 5.56 Å². The maximum absolute atomic E-state index is 12.2. The summed E-state index contributed by atoms with van der Waals surface area (Å²) >= 11 is 0. The number of hydrogen-bond acceptors (Lipinski definition) is 6. The van der Waals surface area contributed by atoms with E-state index in [9.17, 15) is 9.90 Å². The Hall–Kier alpha value is -2.25. The van der Waals surface area contributed by atoms with Crippen LogP contribution in [0, 0.1) is 6.10 Å². The lowest BCUT2D eigenvalue weighted by molar-refractivity contribution is -0.301. The topological polar surface area (TPSA) is 74.2 Å². The maximum atomic E-state index is 12.2. The molecular weight excluding hydrogens is 336 g/mol. The number of rotatable bonds is 3. The molecule has 135 valence electrons. The molecule has 0 saturated carbocycles. The monoisotopic (exact) mass is 355 g/mol. The molecule has 2 saturated heterocycles. The highest BCUT2D eigenvalue weighted by atomic mass is 16.7. The molecule has 6 heteroatoms. The first-order valence-corrected chi connectivity index (χ1v) is 8.47. The first kappa shape index (κ1) is 17.2. The Morgan fingerprint density at radius 2 is 1.69 bits per heavy atom. The van der Waals surface area contributed by atoms with Crippen molar-refractivity contribution < 1.29 is 28.8 Å². The second-order valence-electron chi connectivity index (χ2n) is 6.19. The number of hydrogen-bond donors (Lipinski definition) is 1.